The van der Waals surface area contributed by atoms with E-state index in [4.69, 9.17) is 15.6 Å². The maximum absolute atomic E-state index is 11.9. The number of hydrogen-bond donors (Lipinski definition) is 3. The van der Waals surface area contributed by atoms with Crippen LogP contribution in [0, 0.1) is 23.7 Å². The molecule has 0 unspecified atom stereocenters. The Morgan fingerprint density at radius 1 is 0.758 bits per heavy atom. The van der Waals surface area contributed by atoms with E-state index >= 15 is 0 Å². The first-order valence-corrected chi connectivity index (χ1v) is 11.9. The van der Waals surface area contributed by atoms with Crippen LogP contribution >= 0.6 is 0 Å². The van der Waals surface area contributed by atoms with Crippen molar-refractivity contribution in [1.82, 2.24) is 5.32 Å². The van der Waals surface area contributed by atoms with Crippen molar-refractivity contribution in [2.75, 3.05) is 14.2 Å². The van der Waals surface area contributed by atoms with Gasteiger partial charge < -0.3 is 25.6 Å². The summed E-state index contributed by atoms with van der Waals surface area (Å²) in [6.45, 7) is 7.74. The number of carboxylic acid groups (broad SMARTS) is 1. The lowest BCUT2D eigenvalue weighted by Crippen LogP contribution is -2.42. The number of nitrogens with two attached hydrogens (primary N) is 1. The molecule has 0 aromatic heterocycles. The molecular weight excluding hydrogens is 428 g/mol. The second-order valence-corrected chi connectivity index (χ2v) is 9.29. The van der Waals surface area contributed by atoms with Crippen LogP contribution in [0.3, 0.4) is 0 Å². The van der Waals surface area contributed by atoms with Crippen molar-refractivity contribution in [1.29, 1.82) is 0 Å². The van der Waals surface area contributed by atoms with Crippen LogP contribution < -0.4 is 11.1 Å². The molecule has 0 bridgehead atoms. The predicted molar refractivity (Wildman–Crippen MR) is 125 cm³/mol. The Balaban J connectivity index is 0.000000542. The van der Waals surface area contributed by atoms with Gasteiger partial charge in [-0.25, -0.2) is 0 Å². The van der Waals surface area contributed by atoms with Crippen molar-refractivity contribution in [3.8, 4) is 0 Å². The number of carbonyl (C=O) groups is 4. The number of aliphatic carboxylic acids is 1. The number of esters is 2. The maximum Gasteiger partial charge on any atom is 0.309 e. The van der Waals surface area contributed by atoms with Gasteiger partial charge in [-0.1, -0.05) is 39.5 Å². The van der Waals surface area contributed by atoms with Gasteiger partial charge in [0.15, 0.2) is 0 Å². The largest absolute Gasteiger partial charge is 0.481 e. The summed E-state index contributed by atoms with van der Waals surface area (Å²) in [5.74, 6) is -2.95. The highest BCUT2D eigenvalue weighted by Crippen LogP contribution is 2.32. The number of nitrogens with one attached hydrogen (secondary N) is 1. The van der Waals surface area contributed by atoms with E-state index in [1.54, 1.807) is 0 Å². The molecule has 33 heavy (non-hydrogen) atoms. The fraction of sp³-hybridized carbons (Fsp3) is 0.833. The third-order valence-electron chi connectivity index (χ3n) is 5.62. The number of rotatable bonds is 5. The van der Waals surface area contributed by atoms with E-state index in [2.05, 4.69) is 10.1 Å². The fourth-order valence-electron chi connectivity index (χ4n) is 4.13. The van der Waals surface area contributed by atoms with Crippen LogP contribution in [0.15, 0.2) is 0 Å². The topological polar surface area (TPSA) is 145 Å². The highest BCUT2D eigenvalue weighted by Gasteiger charge is 2.37. The lowest BCUT2D eigenvalue weighted by Gasteiger charge is -2.29. The summed E-state index contributed by atoms with van der Waals surface area (Å²) in [6.07, 6.45) is 6.63. The summed E-state index contributed by atoms with van der Waals surface area (Å²) in [5, 5.41) is 11.7. The lowest BCUT2D eigenvalue weighted by atomic mass is 9.78. The molecule has 2 saturated carbocycles. The first kappa shape index (κ1) is 30.8. The van der Waals surface area contributed by atoms with E-state index in [0.29, 0.717) is 18.9 Å². The highest BCUT2D eigenvalue weighted by atomic mass is 16.5. The molecule has 9 heteroatoms. The molecule has 0 saturated heterocycles. The van der Waals surface area contributed by atoms with E-state index in [1.165, 1.54) is 14.2 Å². The Morgan fingerprint density at radius 3 is 1.42 bits per heavy atom. The molecule has 4 N–H and O–H groups in total. The Morgan fingerprint density at radius 2 is 1.09 bits per heavy atom. The Kier molecular flexibility index (Phi) is 15.4. The normalized spacial score (nSPS) is 24.4. The Bertz CT molecular complexity index is 619. The van der Waals surface area contributed by atoms with Crippen LogP contribution in [0.25, 0.3) is 0 Å². The molecule has 0 radical (unpaired) electrons. The summed E-state index contributed by atoms with van der Waals surface area (Å²) in [5.41, 5.74) is 5.11. The lowest BCUT2D eigenvalue weighted by molar-refractivity contribution is -0.157. The van der Waals surface area contributed by atoms with E-state index in [1.807, 2.05) is 27.7 Å². The fourth-order valence-corrected chi connectivity index (χ4v) is 4.13. The van der Waals surface area contributed by atoms with Gasteiger partial charge in [-0.2, -0.15) is 0 Å². The van der Waals surface area contributed by atoms with Crippen LogP contribution in [0.2, 0.25) is 0 Å². The van der Waals surface area contributed by atoms with Crippen molar-refractivity contribution < 1.29 is 33.8 Å². The zero-order valence-corrected chi connectivity index (χ0v) is 21.1. The van der Waals surface area contributed by atoms with Gasteiger partial charge in [0.2, 0.25) is 5.91 Å². The van der Waals surface area contributed by atoms with Crippen molar-refractivity contribution >= 4 is 23.8 Å². The summed E-state index contributed by atoms with van der Waals surface area (Å²) >= 11 is 0. The molecule has 1 amide bonds. The molecule has 0 aliphatic heterocycles. The predicted octanol–water partition coefficient (Wildman–Crippen LogP) is 2.89. The van der Waals surface area contributed by atoms with Crippen LogP contribution in [0.5, 0.6) is 0 Å². The Labute approximate surface area is 198 Å². The first-order chi connectivity index (χ1) is 15.5. The van der Waals surface area contributed by atoms with Crippen molar-refractivity contribution in [3.05, 3.63) is 0 Å². The monoisotopic (exact) mass is 472 g/mol. The molecule has 0 aromatic carbocycles. The van der Waals surface area contributed by atoms with Gasteiger partial charge in [-0.15, -0.1) is 0 Å². The van der Waals surface area contributed by atoms with Crippen LogP contribution in [-0.2, 0) is 28.7 Å². The SMILES string of the molecule is CC(C)N.COC(=O)[C@H]1CCCC[C@H]1C(=O)NC(C)C.COC(=O)[C@H]1CCCC[C@H]1C(=O)O. The molecule has 4 atom stereocenters. The number of hydrogen-bond acceptors (Lipinski definition) is 7. The summed E-state index contributed by atoms with van der Waals surface area (Å²) in [7, 11) is 2.68. The molecular formula is C24H44N2O7. The smallest absolute Gasteiger partial charge is 0.309 e. The average molecular weight is 473 g/mol. The Hall–Kier alpha value is -2.16. The van der Waals surface area contributed by atoms with Crippen molar-refractivity contribution in [2.24, 2.45) is 29.4 Å². The third kappa shape index (κ3) is 12.0. The molecule has 0 spiro atoms. The van der Waals surface area contributed by atoms with Crippen LogP contribution in [-0.4, -0.2) is 55.2 Å². The summed E-state index contributed by atoms with van der Waals surface area (Å²) in [4.78, 5) is 45.5. The molecule has 2 aliphatic carbocycles. The number of amides is 1. The van der Waals surface area contributed by atoms with E-state index < -0.39 is 17.8 Å². The maximum atomic E-state index is 11.9. The number of carbonyl (C=O) groups excluding carboxylic acids is 3. The zero-order chi connectivity index (χ0) is 25.6. The molecule has 9 nitrogen and oxygen atoms in total. The van der Waals surface area contributed by atoms with Crippen molar-refractivity contribution in [2.45, 2.75) is 91.1 Å². The first-order valence-electron chi connectivity index (χ1n) is 11.9. The summed E-state index contributed by atoms with van der Waals surface area (Å²) in [6, 6.07) is 0.452. The van der Waals surface area contributed by atoms with E-state index in [-0.39, 0.29) is 35.7 Å². The minimum absolute atomic E-state index is 0.00917. The molecule has 2 fully saturated rings. The van der Waals surface area contributed by atoms with Gasteiger partial charge in [0.05, 0.1) is 37.9 Å². The summed E-state index contributed by atoms with van der Waals surface area (Å²) < 4.78 is 9.32. The second kappa shape index (κ2) is 16.5. The van der Waals surface area contributed by atoms with E-state index in [9.17, 15) is 19.2 Å². The van der Waals surface area contributed by atoms with Crippen LogP contribution in [0.4, 0.5) is 0 Å². The third-order valence-corrected chi connectivity index (χ3v) is 5.62. The van der Waals surface area contributed by atoms with Gasteiger partial charge in [-0.3, -0.25) is 19.2 Å². The molecule has 2 rings (SSSR count). The van der Waals surface area contributed by atoms with Gasteiger partial charge in [-0.05, 0) is 45.6 Å². The quantitative estimate of drug-likeness (QED) is 0.518. The number of methoxy groups -OCH3 is 2. The zero-order valence-electron chi connectivity index (χ0n) is 21.1. The number of ether oxygens (including phenoxy) is 2. The van der Waals surface area contributed by atoms with E-state index in [0.717, 1.165) is 38.5 Å². The van der Waals surface area contributed by atoms with Crippen LogP contribution in [0.1, 0.15) is 79.1 Å². The van der Waals surface area contributed by atoms with Gasteiger partial charge in [0, 0.05) is 6.04 Å². The minimum atomic E-state index is -0.880. The average Bonchev–Trinajstić information content (AvgIpc) is 2.77. The molecule has 192 valence electrons. The van der Waals surface area contributed by atoms with Crippen molar-refractivity contribution in [3.63, 3.8) is 0 Å². The van der Waals surface area contributed by atoms with Gasteiger partial charge in [0.25, 0.3) is 0 Å². The molecule has 0 heterocycles. The highest BCUT2D eigenvalue weighted by molar-refractivity contribution is 5.85. The van der Waals surface area contributed by atoms with Gasteiger partial charge >= 0.3 is 17.9 Å². The van der Waals surface area contributed by atoms with Gasteiger partial charge in [0.1, 0.15) is 0 Å². The molecule has 2 aliphatic rings. The molecule has 0 aromatic rings. The standard InChI is InChI=1S/C12H21NO3.C9H14O4.C3H9N/c1-8(2)13-11(14)9-6-4-5-7-10(9)12(15)16-3;1-13-9(12)7-5-3-2-4-6(7)8(10)11;1-3(2)4/h8-10H,4-7H2,1-3H3,(H,13,14);6-7H,2-5H2,1H3,(H,10,11);3H,4H2,1-2H3/t9-,10+;6-,7+;/m11./s1. The number of carboxylic acids is 1. The minimum Gasteiger partial charge on any atom is -0.481 e. The second-order valence-electron chi connectivity index (χ2n) is 9.29.